The summed E-state index contributed by atoms with van der Waals surface area (Å²) in [6.07, 6.45) is 3.77. The average molecular weight is 360 g/mol. The first-order valence-corrected chi connectivity index (χ1v) is 8.89. The van der Waals surface area contributed by atoms with E-state index >= 15 is 0 Å². The van der Waals surface area contributed by atoms with Gasteiger partial charge in [-0.15, -0.1) is 0 Å². The predicted octanol–water partition coefficient (Wildman–Crippen LogP) is 3.17. The lowest BCUT2D eigenvalue weighted by Crippen LogP contribution is -2.28. The molecular weight excluding hydrogens is 340 g/mol. The molecule has 6 nitrogen and oxygen atoms in total. The lowest BCUT2D eigenvalue weighted by Gasteiger charge is -2.19. The van der Waals surface area contributed by atoms with Crippen LogP contribution in [0.5, 0.6) is 0 Å². The molecule has 0 bridgehead atoms. The lowest BCUT2D eigenvalue weighted by molar-refractivity contribution is -0.122. The van der Waals surface area contributed by atoms with E-state index < -0.39 is 0 Å². The maximum Gasteiger partial charge on any atom is 0.229 e. The number of aromatic nitrogens is 2. The van der Waals surface area contributed by atoms with E-state index in [2.05, 4.69) is 10.4 Å². The van der Waals surface area contributed by atoms with Gasteiger partial charge in [0.05, 0.1) is 11.6 Å². The van der Waals surface area contributed by atoms with Crippen LogP contribution in [0.25, 0.3) is 5.69 Å². The van der Waals surface area contributed by atoms with Crippen molar-refractivity contribution in [3.8, 4) is 5.69 Å². The first kappa shape index (κ1) is 17.0. The zero-order valence-corrected chi connectivity index (χ0v) is 15.0. The van der Waals surface area contributed by atoms with E-state index in [0.29, 0.717) is 12.2 Å². The van der Waals surface area contributed by atoms with Crippen molar-refractivity contribution >= 4 is 23.2 Å². The van der Waals surface area contributed by atoms with Crippen molar-refractivity contribution in [2.24, 2.45) is 5.92 Å². The van der Waals surface area contributed by atoms with Crippen LogP contribution in [-0.2, 0) is 9.59 Å². The van der Waals surface area contributed by atoms with E-state index in [-0.39, 0.29) is 24.2 Å². The highest BCUT2D eigenvalue weighted by molar-refractivity contribution is 6.03. The second-order valence-electron chi connectivity index (χ2n) is 6.68. The summed E-state index contributed by atoms with van der Waals surface area (Å²) in [5.74, 6) is -0.530. The van der Waals surface area contributed by atoms with E-state index in [1.54, 1.807) is 15.8 Å². The number of benzene rings is 2. The molecule has 1 aromatic heterocycles. The summed E-state index contributed by atoms with van der Waals surface area (Å²) in [6.45, 7) is 2.37. The van der Waals surface area contributed by atoms with Crippen LogP contribution in [-0.4, -0.2) is 28.1 Å². The number of rotatable bonds is 4. The number of carbonyl (C=O) groups is 2. The summed E-state index contributed by atoms with van der Waals surface area (Å²) >= 11 is 0. The highest BCUT2D eigenvalue weighted by Crippen LogP contribution is 2.28. The fourth-order valence-electron chi connectivity index (χ4n) is 3.37. The first-order valence-electron chi connectivity index (χ1n) is 8.89. The molecular formula is C21H20N4O2. The molecule has 4 rings (SSSR count). The normalized spacial score (nSPS) is 16.6. The number of anilines is 2. The second-order valence-corrected chi connectivity index (χ2v) is 6.68. The monoisotopic (exact) mass is 360 g/mol. The molecule has 3 aromatic rings. The van der Waals surface area contributed by atoms with Gasteiger partial charge in [-0.2, -0.15) is 5.10 Å². The number of hydrogen-bond acceptors (Lipinski definition) is 3. The van der Waals surface area contributed by atoms with Gasteiger partial charge < -0.3 is 10.2 Å². The molecule has 1 atom stereocenters. The minimum atomic E-state index is -0.370. The van der Waals surface area contributed by atoms with Gasteiger partial charge in [-0.3, -0.25) is 9.59 Å². The molecule has 0 saturated carbocycles. The van der Waals surface area contributed by atoms with E-state index in [9.17, 15) is 9.59 Å². The predicted molar refractivity (Wildman–Crippen MR) is 104 cm³/mol. The Kier molecular flexibility index (Phi) is 4.46. The standard InChI is InChI=1S/C21H20N4O2/c1-15-6-2-3-9-19(15)24-14-16(12-20(24)26)21(27)23-17-7-4-8-18(13-17)25-11-5-10-22-25/h2-11,13,16H,12,14H2,1H3,(H,23,27)/t16-/m0/s1. The number of hydrogen-bond donors (Lipinski definition) is 1. The van der Waals surface area contributed by atoms with Gasteiger partial charge in [0.1, 0.15) is 0 Å². The summed E-state index contributed by atoms with van der Waals surface area (Å²) in [6, 6.07) is 17.1. The van der Waals surface area contributed by atoms with Crippen LogP contribution in [0.4, 0.5) is 11.4 Å². The Labute approximate surface area is 157 Å². The Hall–Kier alpha value is -3.41. The SMILES string of the molecule is Cc1ccccc1N1C[C@@H](C(=O)Nc2cccc(-n3cccn3)c2)CC1=O. The van der Waals surface area contributed by atoms with Gasteiger partial charge in [-0.25, -0.2) is 4.68 Å². The van der Waals surface area contributed by atoms with Crippen LogP contribution in [0.3, 0.4) is 0 Å². The Balaban J connectivity index is 1.47. The Morgan fingerprint density at radius 1 is 1.15 bits per heavy atom. The molecule has 1 saturated heterocycles. The summed E-state index contributed by atoms with van der Waals surface area (Å²) in [7, 11) is 0. The molecule has 1 N–H and O–H groups in total. The van der Waals surface area contributed by atoms with Crippen molar-refractivity contribution in [2.45, 2.75) is 13.3 Å². The summed E-state index contributed by atoms with van der Waals surface area (Å²) < 4.78 is 1.73. The molecule has 2 aromatic carbocycles. The molecule has 1 aliphatic rings. The number of aryl methyl sites for hydroxylation is 1. The van der Waals surface area contributed by atoms with Crippen molar-refractivity contribution in [3.05, 3.63) is 72.6 Å². The van der Waals surface area contributed by atoms with Crippen molar-refractivity contribution in [3.63, 3.8) is 0 Å². The van der Waals surface area contributed by atoms with Crippen molar-refractivity contribution in [2.75, 3.05) is 16.8 Å². The molecule has 2 heterocycles. The molecule has 0 aliphatic carbocycles. The quantitative estimate of drug-likeness (QED) is 0.777. The Morgan fingerprint density at radius 2 is 2.00 bits per heavy atom. The summed E-state index contributed by atoms with van der Waals surface area (Å²) in [4.78, 5) is 26.9. The molecule has 136 valence electrons. The molecule has 0 unspecified atom stereocenters. The maximum atomic E-state index is 12.7. The zero-order chi connectivity index (χ0) is 18.8. The van der Waals surface area contributed by atoms with Crippen molar-refractivity contribution in [1.29, 1.82) is 0 Å². The number of nitrogens with zero attached hydrogens (tertiary/aromatic N) is 3. The van der Waals surface area contributed by atoms with Crippen LogP contribution in [0.15, 0.2) is 67.0 Å². The van der Waals surface area contributed by atoms with E-state index in [1.807, 2.05) is 67.7 Å². The van der Waals surface area contributed by atoms with E-state index in [1.165, 1.54) is 0 Å². The second kappa shape index (κ2) is 7.07. The third-order valence-electron chi connectivity index (χ3n) is 4.78. The minimum absolute atomic E-state index is 0.0188. The van der Waals surface area contributed by atoms with Crippen LogP contribution < -0.4 is 10.2 Å². The number of nitrogens with one attached hydrogen (secondary N) is 1. The Bertz CT molecular complexity index is 981. The van der Waals surface area contributed by atoms with Gasteiger partial charge >= 0.3 is 0 Å². The highest BCUT2D eigenvalue weighted by atomic mass is 16.2. The molecule has 6 heteroatoms. The minimum Gasteiger partial charge on any atom is -0.326 e. The van der Waals surface area contributed by atoms with Crippen LogP contribution in [0.1, 0.15) is 12.0 Å². The van der Waals surface area contributed by atoms with Gasteiger partial charge in [-0.1, -0.05) is 24.3 Å². The fraction of sp³-hybridized carbons (Fsp3) is 0.190. The first-order chi connectivity index (χ1) is 13.1. The average Bonchev–Trinajstić information content (AvgIpc) is 3.32. The number of amides is 2. The zero-order valence-electron chi connectivity index (χ0n) is 15.0. The summed E-state index contributed by atoms with van der Waals surface area (Å²) in [5, 5.41) is 7.13. The van der Waals surface area contributed by atoms with Gasteiger partial charge in [0, 0.05) is 36.7 Å². The van der Waals surface area contributed by atoms with Gasteiger partial charge in [-0.05, 0) is 42.8 Å². The molecule has 2 amide bonds. The third-order valence-corrected chi connectivity index (χ3v) is 4.78. The fourth-order valence-corrected chi connectivity index (χ4v) is 3.37. The smallest absolute Gasteiger partial charge is 0.229 e. The molecule has 0 spiro atoms. The van der Waals surface area contributed by atoms with E-state index in [0.717, 1.165) is 16.9 Å². The number of carbonyl (C=O) groups excluding carboxylic acids is 2. The molecule has 0 radical (unpaired) electrons. The van der Waals surface area contributed by atoms with Crippen LogP contribution in [0.2, 0.25) is 0 Å². The molecule has 1 fully saturated rings. The molecule has 27 heavy (non-hydrogen) atoms. The lowest BCUT2D eigenvalue weighted by atomic mass is 10.1. The topological polar surface area (TPSA) is 67.2 Å². The van der Waals surface area contributed by atoms with E-state index in [4.69, 9.17) is 0 Å². The van der Waals surface area contributed by atoms with Gasteiger partial charge in [0.15, 0.2) is 0 Å². The third kappa shape index (κ3) is 3.46. The van der Waals surface area contributed by atoms with Gasteiger partial charge in [0.25, 0.3) is 0 Å². The number of para-hydroxylation sites is 1. The van der Waals surface area contributed by atoms with Crippen LogP contribution in [0, 0.1) is 12.8 Å². The van der Waals surface area contributed by atoms with Gasteiger partial charge in [0.2, 0.25) is 11.8 Å². The Morgan fingerprint density at radius 3 is 2.78 bits per heavy atom. The van der Waals surface area contributed by atoms with Crippen LogP contribution >= 0.6 is 0 Å². The highest BCUT2D eigenvalue weighted by Gasteiger charge is 2.35. The maximum absolute atomic E-state index is 12.7. The summed E-state index contributed by atoms with van der Waals surface area (Å²) in [5.41, 5.74) is 3.45. The van der Waals surface area contributed by atoms with Crippen molar-refractivity contribution < 1.29 is 9.59 Å². The molecule has 1 aliphatic heterocycles. The van der Waals surface area contributed by atoms with Crippen molar-refractivity contribution in [1.82, 2.24) is 9.78 Å². The largest absolute Gasteiger partial charge is 0.326 e.